The highest BCUT2D eigenvalue weighted by Crippen LogP contribution is 2.21. The third-order valence-electron chi connectivity index (χ3n) is 3.74. The van der Waals surface area contributed by atoms with Gasteiger partial charge >= 0.3 is 6.09 Å². The number of alkyl carbamates (subject to hydrolysis) is 1. The van der Waals surface area contributed by atoms with Gasteiger partial charge in [0.25, 0.3) is 0 Å². The van der Waals surface area contributed by atoms with Gasteiger partial charge in [0.15, 0.2) is 0 Å². The lowest BCUT2D eigenvalue weighted by molar-refractivity contribution is -0.121. The Hall–Kier alpha value is -3.06. The van der Waals surface area contributed by atoms with Crippen LogP contribution in [0.1, 0.15) is 30.5 Å². The Balaban J connectivity index is 2.03. The van der Waals surface area contributed by atoms with Crippen LogP contribution in [0, 0.1) is 0 Å². The molecule has 0 heterocycles. The molecule has 0 bridgehead atoms. The summed E-state index contributed by atoms with van der Waals surface area (Å²) in [5.74, 6) is 0.205. The first kappa shape index (κ1) is 21.2. The largest absolute Gasteiger partial charge is 0.496 e. The number of rotatable bonds is 8. The van der Waals surface area contributed by atoms with E-state index in [9.17, 15) is 9.59 Å². The SMILES string of the molecule is CCOC(=O)N[C@@H](CC(=O)N/N=C\c1cc(Cl)ccc1OC)c1ccccc1. The predicted molar refractivity (Wildman–Crippen MR) is 108 cm³/mol. The smallest absolute Gasteiger partial charge is 0.407 e. The molecule has 0 fully saturated rings. The summed E-state index contributed by atoms with van der Waals surface area (Å²) in [5.41, 5.74) is 3.86. The maximum absolute atomic E-state index is 12.3. The Morgan fingerprint density at radius 3 is 2.64 bits per heavy atom. The lowest BCUT2D eigenvalue weighted by Gasteiger charge is -2.18. The van der Waals surface area contributed by atoms with Crippen LogP contribution in [0.15, 0.2) is 53.6 Å². The Kier molecular flexibility index (Phi) is 8.30. The van der Waals surface area contributed by atoms with Crippen LogP contribution in [-0.4, -0.2) is 31.9 Å². The summed E-state index contributed by atoms with van der Waals surface area (Å²) in [5, 5.41) is 7.16. The van der Waals surface area contributed by atoms with Crippen LogP contribution in [0.2, 0.25) is 5.02 Å². The molecule has 0 aliphatic carbocycles. The number of halogens is 1. The van der Waals surface area contributed by atoms with Crippen LogP contribution in [0.25, 0.3) is 0 Å². The summed E-state index contributed by atoms with van der Waals surface area (Å²) >= 11 is 5.97. The minimum absolute atomic E-state index is 0.00709. The number of nitrogens with one attached hydrogen (secondary N) is 2. The Labute approximate surface area is 168 Å². The fraction of sp³-hybridized carbons (Fsp3) is 0.250. The Morgan fingerprint density at radius 1 is 1.21 bits per heavy atom. The van der Waals surface area contributed by atoms with Gasteiger partial charge in [0.2, 0.25) is 5.91 Å². The standard InChI is InChI=1S/C20H22ClN3O4/c1-3-28-20(26)23-17(14-7-5-4-6-8-14)12-19(25)24-22-13-15-11-16(21)9-10-18(15)27-2/h4-11,13,17H,3,12H2,1-2H3,(H,23,26)(H,24,25)/b22-13-/t17-/m0/s1. The molecule has 0 spiro atoms. The van der Waals surface area contributed by atoms with Gasteiger partial charge < -0.3 is 14.8 Å². The first-order valence-electron chi connectivity index (χ1n) is 8.67. The fourth-order valence-corrected chi connectivity index (χ4v) is 2.64. The normalized spacial score (nSPS) is 11.7. The van der Waals surface area contributed by atoms with Crippen molar-refractivity contribution in [1.82, 2.24) is 10.7 Å². The molecule has 0 saturated heterocycles. The first-order valence-corrected chi connectivity index (χ1v) is 9.05. The molecule has 0 aliphatic heterocycles. The number of hydrazone groups is 1. The number of methoxy groups -OCH3 is 1. The van der Waals surface area contributed by atoms with Crippen molar-refractivity contribution in [3.8, 4) is 5.75 Å². The zero-order chi connectivity index (χ0) is 20.4. The van der Waals surface area contributed by atoms with Gasteiger partial charge in [0.05, 0.1) is 32.4 Å². The minimum Gasteiger partial charge on any atom is -0.496 e. The van der Waals surface area contributed by atoms with Crippen molar-refractivity contribution in [2.75, 3.05) is 13.7 Å². The number of benzene rings is 2. The van der Waals surface area contributed by atoms with E-state index in [4.69, 9.17) is 21.1 Å². The Bertz CT molecular complexity index is 827. The van der Waals surface area contributed by atoms with Crippen molar-refractivity contribution < 1.29 is 19.1 Å². The molecule has 2 N–H and O–H groups in total. The first-order chi connectivity index (χ1) is 13.5. The van der Waals surface area contributed by atoms with Crippen LogP contribution in [0.4, 0.5) is 4.79 Å². The molecule has 7 nitrogen and oxygen atoms in total. The number of carbonyl (C=O) groups excluding carboxylic acids is 2. The van der Waals surface area contributed by atoms with Crippen molar-refractivity contribution in [2.24, 2.45) is 5.10 Å². The van der Waals surface area contributed by atoms with E-state index in [1.54, 1.807) is 25.1 Å². The third kappa shape index (κ3) is 6.59. The highest BCUT2D eigenvalue weighted by Gasteiger charge is 2.18. The fourth-order valence-electron chi connectivity index (χ4n) is 2.46. The number of hydrogen-bond donors (Lipinski definition) is 2. The number of amides is 2. The van der Waals surface area contributed by atoms with Crippen molar-refractivity contribution >= 4 is 29.8 Å². The molecule has 0 aliphatic rings. The van der Waals surface area contributed by atoms with Crippen molar-refractivity contribution in [3.05, 3.63) is 64.7 Å². The van der Waals surface area contributed by atoms with E-state index < -0.39 is 12.1 Å². The summed E-state index contributed by atoms with van der Waals surface area (Å²) in [7, 11) is 1.53. The molecular weight excluding hydrogens is 382 g/mol. The molecule has 0 saturated carbocycles. The predicted octanol–water partition coefficient (Wildman–Crippen LogP) is 3.68. The molecule has 2 aromatic rings. The van der Waals surface area contributed by atoms with Crippen LogP contribution in [-0.2, 0) is 9.53 Å². The quantitative estimate of drug-likeness (QED) is 0.519. The zero-order valence-electron chi connectivity index (χ0n) is 15.6. The molecule has 0 aromatic heterocycles. The van der Waals surface area contributed by atoms with Gasteiger partial charge in [-0.05, 0) is 30.7 Å². The van der Waals surface area contributed by atoms with Crippen LogP contribution >= 0.6 is 11.6 Å². The van der Waals surface area contributed by atoms with Crippen LogP contribution < -0.4 is 15.5 Å². The monoisotopic (exact) mass is 403 g/mol. The van der Waals surface area contributed by atoms with E-state index in [0.717, 1.165) is 5.56 Å². The second-order valence-corrected chi connectivity index (χ2v) is 6.15. The lowest BCUT2D eigenvalue weighted by atomic mass is 10.0. The van der Waals surface area contributed by atoms with Gasteiger partial charge in [-0.2, -0.15) is 5.10 Å². The van der Waals surface area contributed by atoms with Gasteiger partial charge in [0.1, 0.15) is 5.75 Å². The van der Waals surface area contributed by atoms with Gasteiger partial charge in [0, 0.05) is 10.6 Å². The maximum Gasteiger partial charge on any atom is 0.407 e. The molecule has 1 atom stereocenters. The molecule has 0 radical (unpaired) electrons. The molecule has 2 amide bonds. The van der Waals surface area contributed by atoms with Gasteiger partial charge in [-0.3, -0.25) is 4.79 Å². The van der Waals surface area contributed by atoms with Crippen molar-refractivity contribution in [2.45, 2.75) is 19.4 Å². The second-order valence-electron chi connectivity index (χ2n) is 5.71. The molecule has 2 rings (SSSR count). The Morgan fingerprint density at radius 2 is 1.96 bits per heavy atom. The average Bonchev–Trinajstić information content (AvgIpc) is 2.68. The average molecular weight is 404 g/mol. The second kappa shape index (κ2) is 10.9. The molecule has 148 valence electrons. The molecule has 0 unspecified atom stereocenters. The summed E-state index contributed by atoms with van der Waals surface area (Å²) in [6.07, 6.45) is 0.850. The number of hydrogen-bond acceptors (Lipinski definition) is 5. The third-order valence-corrected chi connectivity index (χ3v) is 3.98. The number of carbonyl (C=O) groups is 2. The molecule has 2 aromatic carbocycles. The zero-order valence-corrected chi connectivity index (χ0v) is 16.4. The van der Waals surface area contributed by atoms with E-state index >= 15 is 0 Å². The van der Waals surface area contributed by atoms with E-state index in [1.165, 1.54) is 13.3 Å². The van der Waals surface area contributed by atoms with Crippen molar-refractivity contribution in [1.29, 1.82) is 0 Å². The van der Waals surface area contributed by atoms with Gasteiger partial charge in [-0.15, -0.1) is 0 Å². The van der Waals surface area contributed by atoms with Gasteiger partial charge in [-0.25, -0.2) is 10.2 Å². The molecular formula is C20H22ClN3O4. The summed E-state index contributed by atoms with van der Waals surface area (Å²) < 4.78 is 10.1. The summed E-state index contributed by atoms with van der Waals surface area (Å²) in [4.78, 5) is 24.1. The number of ether oxygens (including phenoxy) is 2. The summed E-state index contributed by atoms with van der Waals surface area (Å²) in [6, 6.07) is 13.7. The topological polar surface area (TPSA) is 89.0 Å². The summed E-state index contributed by atoms with van der Waals surface area (Å²) in [6.45, 7) is 1.95. The molecule has 28 heavy (non-hydrogen) atoms. The van der Waals surface area contributed by atoms with Crippen LogP contribution in [0.3, 0.4) is 0 Å². The number of nitrogens with zero attached hydrogens (tertiary/aromatic N) is 1. The highest BCUT2D eigenvalue weighted by atomic mass is 35.5. The van der Waals surface area contributed by atoms with E-state index in [1.807, 2.05) is 30.3 Å². The highest BCUT2D eigenvalue weighted by molar-refractivity contribution is 6.30. The lowest BCUT2D eigenvalue weighted by Crippen LogP contribution is -2.33. The van der Waals surface area contributed by atoms with Crippen LogP contribution in [0.5, 0.6) is 5.75 Å². The van der Waals surface area contributed by atoms with E-state index in [-0.39, 0.29) is 18.9 Å². The van der Waals surface area contributed by atoms with Crippen molar-refractivity contribution in [3.63, 3.8) is 0 Å². The van der Waals surface area contributed by atoms with E-state index in [0.29, 0.717) is 16.3 Å². The maximum atomic E-state index is 12.3. The molecule has 8 heteroatoms. The van der Waals surface area contributed by atoms with Gasteiger partial charge in [-0.1, -0.05) is 41.9 Å². The van der Waals surface area contributed by atoms with E-state index in [2.05, 4.69) is 15.8 Å². The minimum atomic E-state index is -0.587.